The predicted molar refractivity (Wildman–Crippen MR) is 88.9 cm³/mol. The van der Waals surface area contributed by atoms with Gasteiger partial charge in [-0.1, -0.05) is 32.6 Å². The molecule has 0 aliphatic carbocycles. The first-order chi connectivity index (χ1) is 10.6. The van der Waals surface area contributed by atoms with Crippen LogP contribution in [0.25, 0.3) is 0 Å². The van der Waals surface area contributed by atoms with Gasteiger partial charge in [-0.15, -0.1) is 6.42 Å². The van der Waals surface area contributed by atoms with Gasteiger partial charge in [-0.3, -0.25) is 9.59 Å². The summed E-state index contributed by atoms with van der Waals surface area (Å²) in [6.45, 7) is 5.36. The number of hydrogen-bond donors (Lipinski definition) is 2. The van der Waals surface area contributed by atoms with Crippen molar-refractivity contribution in [1.82, 2.24) is 10.6 Å². The van der Waals surface area contributed by atoms with Crippen LogP contribution in [0.3, 0.4) is 0 Å². The first-order valence-corrected chi connectivity index (χ1v) is 7.80. The molecule has 0 atom stereocenters. The number of unbranched alkanes of at least 4 members (excludes halogenated alkanes) is 2. The zero-order valence-corrected chi connectivity index (χ0v) is 13.4. The van der Waals surface area contributed by atoms with E-state index in [1.807, 2.05) is 0 Å². The lowest BCUT2D eigenvalue weighted by Crippen LogP contribution is -2.27. The van der Waals surface area contributed by atoms with Gasteiger partial charge in [0.25, 0.3) is 11.8 Å². The maximum atomic E-state index is 12.1. The van der Waals surface area contributed by atoms with E-state index in [-0.39, 0.29) is 11.8 Å². The van der Waals surface area contributed by atoms with Crippen molar-refractivity contribution in [2.45, 2.75) is 39.5 Å². The molecule has 0 unspecified atom stereocenters. The molecule has 1 rings (SSSR count). The van der Waals surface area contributed by atoms with Crippen LogP contribution in [0.1, 0.15) is 65.8 Å². The summed E-state index contributed by atoms with van der Waals surface area (Å²) < 4.78 is 0. The van der Waals surface area contributed by atoms with Gasteiger partial charge < -0.3 is 10.6 Å². The fraction of sp³-hybridized carbons (Fsp3) is 0.444. The van der Waals surface area contributed by atoms with Crippen LogP contribution in [0.15, 0.2) is 18.2 Å². The first kappa shape index (κ1) is 17.8. The minimum Gasteiger partial charge on any atom is -0.352 e. The quantitative estimate of drug-likeness (QED) is 0.573. The SMILES string of the molecule is C#Cc1cc(C(=O)NCCCC)cc(C(=O)NCCCC)c1. The molecule has 4 heteroatoms. The molecule has 0 aliphatic rings. The van der Waals surface area contributed by atoms with E-state index in [2.05, 4.69) is 30.4 Å². The van der Waals surface area contributed by atoms with Crippen LogP contribution in [-0.4, -0.2) is 24.9 Å². The smallest absolute Gasteiger partial charge is 0.251 e. The van der Waals surface area contributed by atoms with Crippen molar-refractivity contribution in [3.05, 3.63) is 34.9 Å². The van der Waals surface area contributed by atoms with Crippen LogP contribution < -0.4 is 10.6 Å². The van der Waals surface area contributed by atoms with E-state index in [0.29, 0.717) is 29.8 Å². The molecule has 0 saturated heterocycles. The van der Waals surface area contributed by atoms with E-state index < -0.39 is 0 Å². The van der Waals surface area contributed by atoms with Gasteiger partial charge in [0.15, 0.2) is 0 Å². The number of amides is 2. The van der Waals surface area contributed by atoms with Gasteiger partial charge in [0.05, 0.1) is 0 Å². The molecule has 2 amide bonds. The molecule has 2 N–H and O–H groups in total. The van der Waals surface area contributed by atoms with Gasteiger partial charge in [0.2, 0.25) is 0 Å². The second-order valence-corrected chi connectivity index (χ2v) is 5.16. The van der Waals surface area contributed by atoms with Crippen LogP contribution in [0.4, 0.5) is 0 Å². The number of benzene rings is 1. The van der Waals surface area contributed by atoms with Crippen molar-refractivity contribution in [2.24, 2.45) is 0 Å². The van der Waals surface area contributed by atoms with E-state index in [1.165, 1.54) is 0 Å². The normalized spacial score (nSPS) is 9.86. The van der Waals surface area contributed by atoms with Crippen molar-refractivity contribution in [3.8, 4) is 12.3 Å². The van der Waals surface area contributed by atoms with Crippen LogP contribution in [0.2, 0.25) is 0 Å². The molecule has 0 spiro atoms. The number of carbonyl (C=O) groups is 2. The van der Waals surface area contributed by atoms with Crippen molar-refractivity contribution in [3.63, 3.8) is 0 Å². The van der Waals surface area contributed by atoms with Crippen LogP contribution in [-0.2, 0) is 0 Å². The number of rotatable bonds is 8. The highest BCUT2D eigenvalue weighted by Gasteiger charge is 2.12. The second kappa shape index (κ2) is 9.62. The van der Waals surface area contributed by atoms with Crippen molar-refractivity contribution < 1.29 is 9.59 Å². The Morgan fingerprint density at radius 2 is 1.41 bits per heavy atom. The Morgan fingerprint density at radius 3 is 1.77 bits per heavy atom. The molecule has 0 fully saturated rings. The molecule has 0 radical (unpaired) electrons. The van der Waals surface area contributed by atoms with Crippen LogP contribution in [0.5, 0.6) is 0 Å². The van der Waals surface area contributed by atoms with Gasteiger partial charge in [-0.2, -0.15) is 0 Å². The third kappa shape index (κ3) is 5.61. The zero-order chi connectivity index (χ0) is 16.4. The fourth-order valence-electron chi connectivity index (χ4n) is 1.93. The highest BCUT2D eigenvalue weighted by molar-refractivity contribution is 6.00. The summed E-state index contributed by atoms with van der Waals surface area (Å²) in [6.07, 6.45) is 9.28. The standard InChI is InChI=1S/C18H24N2O2/c1-4-7-9-19-17(21)15-11-14(6-3)12-16(13-15)18(22)20-10-8-5-2/h3,11-13H,4-5,7-10H2,1-2H3,(H,19,21)(H,20,22). The second-order valence-electron chi connectivity index (χ2n) is 5.16. The van der Waals surface area contributed by atoms with E-state index >= 15 is 0 Å². The minimum atomic E-state index is -0.201. The molecule has 0 heterocycles. The summed E-state index contributed by atoms with van der Waals surface area (Å²) >= 11 is 0. The highest BCUT2D eigenvalue weighted by Crippen LogP contribution is 2.10. The highest BCUT2D eigenvalue weighted by atomic mass is 16.2. The van der Waals surface area contributed by atoms with Crippen molar-refractivity contribution in [2.75, 3.05) is 13.1 Å². The maximum Gasteiger partial charge on any atom is 0.251 e. The predicted octanol–water partition coefficient (Wildman–Crippen LogP) is 2.73. The molecule has 4 nitrogen and oxygen atoms in total. The maximum absolute atomic E-state index is 12.1. The van der Waals surface area contributed by atoms with Crippen LogP contribution >= 0.6 is 0 Å². The Balaban J connectivity index is 2.86. The number of nitrogens with one attached hydrogen (secondary N) is 2. The number of hydrogen-bond acceptors (Lipinski definition) is 2. The molecule has 22 heavy (non-hydrogen) atoms. The molecular formula is C18H24N2O2. The van der Waals surface area contributed by atoms with E-state index in [1.54, 1.807) is 18.2 Å². The Kier molecular flexibility index (Phi) is 7.77. The molecule has 0 aliphatic heterocycles. The summed E-state index contributed by atoms with van der Waals surface area (Å²) in [5, 5.41) is 5.66. The van der Waals surface area contributed by atoms with Gasteiger partial charge >= 0.3 is 0 Å². The van der Waals surface area contributed by atoms with E-state index in [0.717, 1.165) is 25.7 Å². The molecule has 1 aromatic carbocycles. The van der Waals surface area contributed by atoms with Crippen LogP contribution in [0, 0.1) is 12.3 Å². The van der Waals surface area contributed by atoms with Gasteiger partial charge in [-0.05, 0) is 31.0 Å². The lowest BCUT2D eigenvalue weighted by atomic mass is 10.0. The lowest BCUT2D eigenvalue weighted by molar-refractivity contribution is 0.0952. The average molecular weight is 300 g/mol. The molecule has 0 aromatic heterocycles. The molecule has 0 saturated carbocycles. The topological polar surface area (TPSA) is 58.2 Å². The third-order valence-electron chi connectivity index (χ3n) is 3.26. The van der Waals surface area contributed by atoms with E-state index in [4.69, 9.17) is 6.42 Å². The van der Waals surface area contributed by atoms with Gasteiger partial charge in [0, 0.05) is 29.8 Å². The summed E-state index contributed by atoms with van der Waals surface area (Å²) in [5.41, 5.74) is 1.38. The number of terminal acetylenes is 1. The molecule has 118 valence electrons. The Hall–Kier alpha value is -2.28. The lowest BCUT2D eigenvalue weighted by Gasteiger charge is -2.09. The summed E-state index contributed by atoms with van der Waals surface area (Å²) in [6, 6.07) is 4.84. The van der Waals surface area contributed by atoms with E-state index in [9.17, 15) is 9.59 Å². The zero-order valence-electron chi connectivity index (χ0n) is 13.4. The Bertz CT molecular complexity index is 518. The molecular weight excluding hydrogens is 276 g/mol. The van der Waals surface area contributed by atoms with Gasteiger partial charge in [0.1, 0.15) is 0 Å². The molecule has 1 aromatic rings. The van der Waals surface area contributed by atoms with Crippen molar-refractivity contribution in [1.29, 1.82) is 0 Å². The summed E-state index contributed by atoms with van der Waals surface area (Å²) in [4.78, 5) is 24.2. The Labute approximate surface area is 132 Å². The average Bonchev–Trinajstić information content (AvgIpc) is 2.54. The number of carbonyl (C=O) groups excluding carboxylic acids is 2. The fourth-order valence-corrected chi connectivity index (χ4v) is 1.93. The van der Waals surface area contributed by atoms with Gasteiger partial charge in [-0.25, -0.2) is 0 Å². The summed E-state index contributed by atoms with van der Waals surface area (Å²) in [7, 11) is 0. The third-order valence-corrected chi connectivity index (χ3v) is 3.26. The Morgan fingerprint density at radius 1 is 0.955 bits per heavy atom. The largest absolute Gasteiger partial charge is 0.352 e. The minimum absolute atomic E-state index is 0.201. The molecule has 0 bridgehead atoms. The first-order valence-electron chi connectivity index (χ1n) is 7.80. The van der Waals surface area contributed by atoms with Crippen molar-refractivity contribution >= 4 is 11.8 Å². The summed E-state index contributed by atoms with van der Waals surface area (Å²) in [5.74, 6) is 2.09. The monoisotopic (exact) mass is 300 g/mol.